The molecule has 1 atom stereocenters. The van der Waals surface area contributed by atoms with Gasteiger partial charge in [-0.3, -0.25) is 0 Å². The first-order chi connectivity index (χ1) is 10.8. The van der Waals surface area contributed by atoms with Crippen LogP contribution >= 0.6 is 11.6 Å². The van der Waals surface area contributed by atoms with Crippen LogP contribution in [0.15, 0.2) is 42.5 Å². The number of aromatic amines is 1. The van der Waals surface area contributed by atoms with Gasteiger partial charge in [0.1, 0.15) is 5.75 Å². The average molecular weight is 313 g/mol. The Kier molecular flexibility index (Phi) is 3.32. The Balaban J connectivity index is 1.84. The van der Waals surface area contributed by atoms with Gasteiger partial charge in [0.15, 0.2) is 0 Å². The van der Waals surface area contributed by atoms with Gasteiger partial charge in [0.05, 0.1) is 18.2 Å². The number of fused-ring (bicyclic) bond motifs is 3. The molecule has 0 saturated heterocycles. The van der Waals surface area contributed by atoms with Crippen LogP contribution in [0.3, 0.4) is 0 Å². The highest BCUT2D eigenvalue weighted by molar-refractivity contribution is 6.32. The van der Waals surface area contributed by atoms with Crippen LogP contribution in [-0.4, -0.2) is 18.6 Å². The maximum Gasteiger partial charge on any atom is 0.137 e. The van der Waals surface area contributed by atoms with E-state index in [0.717, 1.165) is 18.5 Å². The molecule has 4 rings (SSSR count). The number of rotatable bonds is 2. The summed E-state index contributed by atoms with van der Waals surface area (Å²) < 4.78 is 5.24. The smallest absolute Gasteiger partial charge is 0.137 e. The molecule has 3 aromatic rings. The number of nitrogens with one attached hydrogen (secondary N) is 2. The largest absolute Gasteiger partial charge is 0.495 e. The molecular weight excluding hydrogens is 296 g/mol. The molecular formula is C18H17ClN2O. The normalized spacial score (nSPS) is 17.5. The summed E-state index contributed by atoms with van der Waals surface area (Å²) in [6, 6.07) is 14.6. The van der Waals surface area contributed by atoms with Crippen LogP contribution in [0, 0.1) is 0 Å². The molecule has 1 unspecified atom stereocenters. The second-order valence-electron chi connectivity index (χ2n) is 5.59. The number of ether oxygens (including phenoxy) is 1. The lowest BCUT2D eigenvalue weighted by Gasteiger charge is -2.25. The fourth-order valence-electron chi connectivity index (χ4n) is 3.33. The van der Waals surface area contributed by atoms with Crippen molar-refractivity contribution in [2.45, 2.75) is 12.5 Å². The van der Waals surface area contributed by atoms with Gasteiger partial charge in [0.25, 0.3) is 0 Å². The summed E-state index contributed by atoms with van der Waals surface area (Å²) in [5.41, 5.74) is 5.00. The Labute approximate surface area is 134 Å². The molecule has 112 valence electrons. The van der Waals surface area contributed by atoms with E-state index < -0.39 is 0 Å². The van der Waals surface area contributed by atoms with Gasteiger partial charge >= 0.3 is 0 Å². The van der Waals surface area contributed by atoms with Crippen molar-refractivity contribution < 1.29 is 4.74 Å². The number of H-pyrrole nitrogens is 1. The first-order valence-corrected chi connectivity index (χ1v) is 7.82. The van der Waals surface area contributed by atoms with Gasteiger partial charge in [-0.15, -0.1) is 0 Å². The van der Waals surface area contributed by atoms with Crippen molar-refractivity contribution in [2.24, 2.45) is 0 Å². The summed E-state index contributed by atoms with van der Waals surface area (Å²) in [4.78, 5) is 3.58. The van der Waals surface area contributed by atoms with Crippen molar-refractivity contribution in [1.29, 1.82) is 0 Å². The van der Waals surface area contributed by atoms with E-state index in [4.69, 9.17) is 16.3 Å². The lowest BCUT2D eigenvalue weighted by atomic mass is 9.94. The van der Waals surface area contributed by atoms with Crippen molar-refractivity contribution in [3.63, 3.8) is 0 Å². The first kappa shape index (κ1) is 13.7. The van der Waals surface area contributed by atoms with Gasteiger partial charge in [-0.05, 0) is 35.7 Å². The average Bonchev–Trinajstić information content (AvgIpc) is 2.93. The zero-order chi connectivity index (χ0) is 15.1. The SMILES string of the molecule is COc1ccc(C2NCCc3c2[nH]c2ccccc32)cc1Cl. The maximum atomic E-state index is 6.29. The molecule has 0 aliphatic carbocycles. The molecule has 0 spiro atoms. The highest BCUT2D eigenvalue weighted by Crippen LogP contribution is 2.35. The van der Waals surface area contributed by atoms with Gasteiger partial charge in [-0.1, -0.05) is 35.9 Å². The van der Waals surface area contributed by atoms with Crippen molar-refractivity contribution >= 4 is 22.5 Å². The van der Waals surface area contributed by atoms with Crippen LogP contribution in [0.5, 0.6) is 5.75 Å². The fraction of sp³-hybridized carbons (Fsp3) is 0.222. The van der Waals surface area contributed by atoms with E-state index in [0.29, 0.717) is 10.8 Å². The second kappa shape index (κ2) is 5.34. The molecule has 1 aliphatic rings. The molecule has 0 radical (unpaired) electrons. The van der Waals surface area contributed by atoms with Gasteiger partial charge in [-0.2, -0.15) is 0 Å². The molecule has 0 amide bonds. The maximum absolute atomic E-state index is 6.29. The molecule has 0 saturated carbocycles. The van der Waals surface area contributed by atoms with Crippen LogP contribution in [0.1, 0.15) is 22.9 Å². The third-order valence-corrected chi connectivity index (χ3v) is 4.66. The van der Waals surface area contributed by atoms with E-state index >= 15 is 0 Å². The zero-order valence-corrected chi connectivity index (χ0v) is 13.1. The van der Waals surface area contributed by atoms with Crippen molar-refractivity contribution in [3.8, 4) is 5.75 Å². The molecule has 2 N–H and O–H groups in total. The molecule has 2 heterocycles. The Morgan fingerprint density at radius 2 is 2.05 bits per heavy atom. The number of hydrogen-bond donors (Lipinski definition) is 2. The Hall–Kier alpha value is -1.97. The van der Waals surface area contributed by atoms with E-state index in [1.807, 2.05) is 12.1 Å². The predicted molar refractivity (Wildman–Crippen MR) is 89.9 cm³/mol. The van der Waals surface area contributed by atoms with Gasteiger partial charge in [0.2, 0.25) is 0 Å². The molecule has 0 bridgehead atoms. The van der Waals surface area contributed by atoms with Gasteiger partial charge in [-0.25, -0.2) is 0 Å². The number of halogens is 1. The van der Waals surface area contributed by atoms with E-state index in [1.54, 1.807) is 7.11 Å². The van der Waals surface area contributed by atoms with Crippen LogP contribution in [0.25, 0.3) is 10.9 Å². The number of para-hydroxylation sites is 1. The third-order valence-electron chi connectivity index (χ3n) is 4.37. The predicted octanol–water partition coefficient (Wildman–Crippen LogP) is 4.07. The minimum atomic E-state index is 0.138. The molecule has 3 nitrogen and oxygen atoms in total. The first-order valence-electron chi connectivity index (χ1n) is 7.44. The monoisotopic (exact) mass is 312 g/mol. The third kappa shape index (κ3) is 2.09. The summed E-state index contributed by atoms with van der Waals surface area (Å²) in [5, 5.41) is 5.55. The van der Waals surface area contributed by atoms with Crippen LogP contribution in [-0.2, 0) is 6.42 Å². The number of aromatic nitrogens is 1. The molecule has 22 heavy (non-hydrogen) atoms. The summed E-state index contributed by atoms with van der Waals surface area (Å²) >= 11 is 6.29. The van der Waals surface area contributed by atoms with Crippen LogP contribution in [0.2, 0.25) is 5.02 Å². The topological polar surface area (TPSA) is 37.0 Å². The quantitative estimate of drug-likeness (QED) is 0.748. The Bertz CT molecular complexity index is 840. The van der Waals surface area contributed by atoms with E-state index in [-0.39, 0.29) is 6.04 Å². The molecule has 1 aliphatic heterocycles. The lowest BCUT2D eigenvalue weighted by Crippen LogP contribution is -2.30. The van der Waals surface area contributed by atoms with Crippen LogP contribution in [0.4, 0.5) is 0 Å². The molecule has 2 aromatic carbocycles. The highest BCUT2D eigenvalue weighted by Gasteiger charge is 2.25. The number of methoxy groups -OCH3 is 1. The minimum Gasteiger partial charge on any atom is -0.495 e. The second-order valence-corrected chi connectivity index (χ2v) is 6.00. The Morgan fingerprint density at radius 1 is 1.18 bits per heavy atom. The van der Waals surface area contributed by atoms with Crippen LogP contribution < -0.4 is 10.1 Å². The van der Waals surface area contributed by atoms with E-state index in [9.17, 15) is 0 Å². The van der Waals surface area contributed by atoms with Gasteiger partial charge < -0.3 is 15.0 Å². The summed E-state index contributed by atoms with van der Waals surface area (Å²) in [5.74, 6) is 0.707. The zero-order valence-electron chi connectivity index (χ0n) is 12.3. The van der Waals surface area contributed by atoms with Gasteiger partial charge in [0, 0.05) is 23.1 Å². The Morgan fingerprint density at radius 3 is 2.86 bits per heavy atom. The molecule has 0 fully saturated rings. The van der Waals surface area contributed by atoms with Crippen molar-refractivity contribution in [1.82, 2.24) is 10.3 Å². The summed E-state index contributed by atoms with van der Waals surface area (Å²) in [6.07, 6.45) is 1.04. The lowest BCUT2D eigenvalue weighted by molar-refractivity contribution is 0.414. The van der Waals surface area contributed by atoms with Crippen molar-refractivity contribution in [2.75, 3.05) is 13.7 Å². The minimum absolute atomic E-state index is 0.138. The standard InChI is InChI=1S/C18H17ClN2O/c1-22-16-7-6-11(10-14(16)19)17-18-13(8-9-20-17)12-4-2-3-5-15(12)21-18/h2-7,10,17,20-21H,8-9H2,1H3. The summed E-state index contributed by atoms with van der Waals surface area (Å²) in [7, 11) is 1.63. The summed E-state index contributed by atoms with van der Waals surface area (Å²) in [6.45, 7) is 0.961. The molecule has 4 heteroatoms. The van der Waals surface area contributed by atoms with E-state index in [2.05, 4.69) is 40.6 Å². The fourth-order valence-corrected chi connectivity index (χ4v) is 3.59. The number of hydrogen-bond acceptors (Lipinski definition) is 2. The highest BCUT2D eigenvalue weighted by atomic mass is 35.5. The molecule has 1 aromatic heterocycles. The number of benzene rings is 2. The van der Waals surface area contributed by atoms with Crippen molar-refractivity contribution in [3.05, 3.63) is 64.3 Å². The van der Waals surface area contributed by atoms with E-state index in [1.165, 1.54) is 22.2 Å².